The molecular formula is C15H24N4. The van der Waals surface area contributed by atoms with Gasteiger partial charge in [-0.15, -0.1) is 0 Å². The molecule has 4 heteroatoms. The summed E-state index contributed by atoms with van der Waals surface area (Å²) in [5, 5.41) is 7.64. The quantitative estimate of drug-likeness (QED) is 0.648. The molecule has 3 N–H and O–H groups in total. The molecular weight excluding hydrogens is 236 g/mol. The zero-order valence-electron chi connectivity index (χ0n) is 12.1. The Kier molecular flexibility index (Phi) is 3.78. The van der Waals surface area contributed by atoms with Crippen LogP contribution in [0.5, 0.6) is 0 Å². The topological polar surface area (TPSA) is 66.0 Å². The summed E-state index contributed by atoms with van der Waals surface area (Å²) in [6.45, 7) is 4.68. The molecule has 19 heavy (non-hydrogen) atoms. The second-order valence-electron chi connectivity index (χ2n) is 6.29. The Bertz CT molecular complexity index is 457. The van der Waals surface area contributed by atoms with E-state index in [1.54, 1.807) is 6.20 Å². The van der Waals surface area contributed by atoms with Crippen molar-refractivity contribution in [2.24, 2.45) is 11.1 Å². The molecule has 0 atom stereocenters. The molecule has 0 spiro atoms. The van der Waals surface area contributed by atoms with Crippen molar-refractivity contribution in [3.63, 3.8) is 0 Å². The van der Waals surface area contributed by atoms with Crippen molar-refractivity contribution in [3.8, 4) is 0 Å². The van der Waals surface area contributed by atoms with Crippen LogP contribution in [0.25, 0.3) is 0 Å². The first-order chi connectivity index (χ1) is 8.91. The van der Waals surface area contributed by atoms with Crippen molar-refractivity contribution >= 4 is 11.5 Å². The van der Waals surface area contributed by atoms with Gasteiger partial charge in [-0.1, -0.05) is 13.8 Å². The van der Waals surface area contributed by atoms with E-state index in [1.807, 2.05) is 12.1 Å². The number of hydrogen-bond donors (Lipinski definition) is 2. The van der Waals surface area contributed by atoms with Gasteiger partial charge in [-0.3, -0.25) is 10.4 Å². The van der Waals surface area contributed by atoms with Crippen LogP contribution >= 0.6 is 0 Å². The number of amidine groups is 1. The third-order valence-electron chi connectivity index (χ3n) is 4.28. The van der Waals surface area contributed by atoms with Gasteiger partial charge in [0, 0.05) is 19.3 Å². The standard InChI is InChI=1S/C15H24N4/c1-15(2)8-6-11(7-9-15)19(3)12-5-4-10-18-13(12)14(16)17/h4-5,10-11H,6-9H2,1-3H3,(H3,16,17). The van der Waals surface area contributed by atoms with Crippen LogP contribution in [0.4, 0.5) is 5.69 Å². The fraction of sp³-hybridized carbons (Fsp3) is 0.600. The zero-order valence-corrected chi connectivity index (χ0v) is 12.1. The molecule has 1 fully saturated rings. The fourth-order valence-corrected chi connectivity index (χ4v) is 2.86. The summed E-state index contributed by atoms with van der Waals surface area (Å²) < 4.78 is 0. The van der Waals surface area contributed by atoms with E-state index in [4.69, 9.17) is 11.1 Å². The van der Waals surface area contributed by atoms with Gasteiger partial charge in [-0.05, 0) is 43.2 Å². The molecule has 4 nitrogen and oxygen atoms in total. The lowest BCUT2D eigenvalue weighted by atomic mass is 9.75. The maximum atomic E-state index is 7.64. The van der Waals surface area contributed by atoms with Crippen molar-refractivity contribution in [1.82, 2.24) is 4.98 Å². The Morgan fingerprint density at radius 1 is 1.42 bits per heavy atom. The Morgan fingerprint density at radius 2 is 2.05 bits per heavy atom. The van der Waals surface area contributed by atoms with Gasteiger partial charge in [0.15, 0.2) is 0 Å². The van der Waals surface area contributed by atoms with Crippen molar-refractivity contribution in [2.45, 2.75) is 45.6 Å². The highest BCUT2D eigenvalue weighted by Crippen LogP contribution is 2.37. The number of nitrogens with zero attached hydrogens (tertiary/aromatic N) is 2. The minimum atomic E-state index is 0.0404. The van der Waals surface area contributed by atoms with Crippen LogP contribution in [-0.4, -0.2) is 23.9 Å². The van der Waals surface area contributed by atoms with E-state index < -0.39 is 0 Å². The van der Waals surface area contributed by atoms with E-state index >= 15 is 0 Å². The SMILES string of the molecule is CN(c1cccnc1C(=N)N)C1CCC(C)(C)CC1. The molecule has 0 unspecified atom stereocenters. The molecule has 104 valence electrons. The van der Waals surface area contributed by atoms with Crippen LogP contribution in [-0.2, 0) is 0 Å². The Labute approximate surface area is 115 Å². The lowest BCUT2D eigenvalue weighted by Crippen LogP contribution is -2.38. The molecule has 1 aliphatic rings. The predicted octanol–water partition coefficient (Wildman–Crippen LogP) is 2.77. The van der Waals surface area contributed by atoms with Crippen molar-refractivity contribution in [2.75, 3.05) is 11.9 Å². The minimum Gasteiger partial charge on any atom is -0.382 e. The van der Waals surface area contributed by atoms with Crippen molar-refractivity contribution in [3.05, 3.63) is 24.0 Å². The van der Waals surface area contributed by atoms with Crippen LogP contribution in [0.1, 0.15) is 45.2 Å². The molecule has 0 aromatic carbocycles. The maximum absolute atomic E-state index is 7.64. The van der Waals surface area contributed by atoms with Gasteiger partial charge >= 0.3 is 0 Å². The van der Waals surface area contributed by atoms with Crippen LogP contribution < -0.4 is 10.6 Å². The van der Waals surface area contributed by atoms with Crippen LogP contribution in [0.15, 0.2) is 18.3 Å². The number of rotatable bonds is 3. The molecule has 0 bridgehead atoms. The van der Waals surface area contributed by atoms with E-state index in [-0.39, 0.29) is 5.84 Å². The van der Waals surface area contributed by atoms with E-state index in [0.717, 1.165) is 5.69 Å². The molecule has 0 aliphatic heterocycles. The van der Waals surface area contributed by atoms with Crippen LogP contribution in [0.2, 0.25) is 0 Å². The summed E-state index contributed by atoms with van der Waals surface area (Å²) in [6.07, 6.45) is 6.57. The third-order valence-corrected chi connectivity index (χ3v) is 4.28. The summed E-state index contributed by atoms with van der Waals surface area (Å²) in [7, 11) is 2.09. The lowest BCUT2D eigenvalue weighted by Gasteiger charge is -2.39. The summed E-state index contributed by atoms with van der Waals surface area (Å²) in [6, 6.07) is 4.43. The Morgan fingerprint density at radius 3 is 2.63 bits per heavy atom. The molecule has 0 saturated heterocycles. The first kappa shape index (κ1) is 13.8. The summed E-state index contributed by atoms with van der Waals surface area (Å²) >= 11 is 0. The van der Waals surface area contributed by atoms with Gasteiger partial charge in [-0.2, -0.15) is 0 Å². The first-order valence-electron chi connectivity index (χ1n) is 6.93. The van der Waals surface area contributed by atoms with Crippen molar-refractivity contribution < 1.29 is 0 Å². The summed E-state index contributed by atoms with van der Waals surface area (Å²) in [5.41, 5.74) is 7.65. The highest BCUT2D eigenvalue weighted by atomic mass is 15.1. The zero-order chi connectivity index (χ0) is 14.0. The normalized spacial score (nSPS) is 19.1. The highest BCUT2D eigenvalue weighted by molar-refractivity contribution is 5.98. The van der Waals surface area contributed by atoms with Gasteiger partial charge < -0.3 is 10.6 Å². The third kappa shape index (κ3) is 3.06. The van der Waals surface area contributed by atoms with Gasteiger partial charge in [0.2, 0.25) is 0 Å². The molecule has 1 aromatic heterocycles. The largest absolute Gasteiger partial charge is 0.382 e. The second-order valence-corrected chi connectivity index (χ2v) is 6.29. The van der Waals surface area contributed by atoms with E-state index in [1.165, 1.54) is 25.7 Å². The second kappa shape index (κ2) is 5.19. The molecule has 1 aromatic rings. The number of anilines is 1. The number of nitrogen functional groups attached to an aromatic ring is 1. The number of hydrogen-bond acceptors (Lipinski definition) is 3. The van der Waals surface area contributed by atoms with Crippen LogP contribution in [0, 0.1) is 10.8 Å². The monoisotopic (exact) mass is 260 g/mol. The van der Waals surface area contributed by atoms with E-state index in [0.29, 0.717) is 17.2 Å². The highest BCUT2D eigenvalue weighted by Gasteiger charge is 2.29. The van der Waals surface area contributed by atoms with Gasteiger partial charge in [0.25, 0.3) is 0 Å². The van der Waals surface area contributed by atoms with E-state index in [2.05, 4.69) is 30.8 Å². The lowest BCUT2D eigenvalue weighted by molar-refractivity contribution is 0.222. The fourth-order valence-electron chi connectivity index (χ4n) is 2.86. The van der Waals surface area contributed by atoms with Crippen LogP contribution in [0.3, 0.4) is 0 Å². The average Bonchev–Trinajstić information content (AvgIpc) is 2.38. The summed E-state index contributed by atoms with van der Waals surface area (Å²) in [4.78, 5) is 6.48. The Balaban J connectivity index is 2.17. The maximum Gasteiger partial charge on any atom is 0.143 e. The molecule has 1 saturated carbocycles. The smallest absolute Gasteiger partial charge is 0.143 e. The molecule has 1 aliphatic carbocycles. The molecule has 0 radical (unpaired) electrons. The van der Waals surface area contributed by atoms with Gasteiger partial charge in [0.05, 0.1) is 5.69 Å². The number of aromatic nitrogens is 1. The Hall–Kier alpha value is -1.58. The van der Waals surface area contributed by atoms with Crippen molar-refractivity contribution in [1.29, 1.82) is 5.41 Å². The minimum absolute atomic E-state index is 0.0404. The predicted molar refractivity (Wildman–Crippen MR) is 79.7 cm³/mol. The molecule has 1 heterocycles. The number of nitrogens with one attached hydrogen (secondary N) is 1. The molecule has 0 amide bonds. The average molecular weight is 260 g/mol. The van der Waals surface area contributed by atoms with Gasteiger partial charge in [0.1, 0.15) is 11.5 Å². The number of nitrogens with two attached hydrogens (primary N) is 1. The summed E-state index contributed by atoms with van der Waals surface area (Å²) in [5.74, 6) is 0.0404. The molecule has 2 rings (SSSR count). The number of pyridine rings is 1. The first-order valence-corrected chi connectivity index (χ1v) is 6.93. The van der Waals surface area contributed by atoms with E-state index in [9.17, 15) is 0 Å². The van der Waals surface area contributed by atoms with Gasteiger partial charge in [-0.25, -0.2) is 0 Å².